The van der Waals surface area contributed by atoms with Crippen molar-refractivity contribution in [2.75, 3.05) is 6.26 Å². The van der Waals surface area contributed by atoms with E-state index in [1.807, 2.05) is 12.1 Å². The molecule has 0 spiro atoms. The van der Waals surface area contributed by atoms with Gasteiger partial charge in [-0.1, -0.05) is 18.2 Å². The van der Waals surface area contributed by atoms with Crippen molar-refractivity contribution in [3.05, 3.63) is 42.1 Å². The minimum atomic E-state index is -3.39. The Hall–Kier alpha value is -1.46. The Morgan fingerprint density at radius 2 is 1.89 bits per heavy atom. The first-order valence-electron chi connectivity index (χ1n) is 5.96. The number of aliphatic hydroxyl groups excluding tert-OH is 1. The van der Waals surface area contributed by atoms with Crippen LogP contribution in [0.1, 0.15) is 25.5 Å². The Morgan fingerprint density at radius 1 is 1.21 bits per heavy atom. The van der Waals surface area contributed by atoms with E-state index in [1.54, 1.807) is 24.4 Å². The van der Waals surface area contributed by atoms with Crippen LogP contribution in [0.5, 0.6) is 0 Å². The van der Waals surface area contributed by atoms with Gasteiger partial charge in [0.2, 0.25) is 0 Å². The van der Waals surface area contributed by atoms with Crippen molar-refractivity contribution >= 4 is 20.7 Å². The third kappa shape index (κ3) is 2.35. The maximum Gasteiger partial charge on any atom is 0.155 e. The zero-order valence-electron chi connectivity index (χ0n) is 11.2. The lowest BCUT2D eigenvalue weighted by molar-refractivity contribution is 0.141. The molecule has 0 radical (unpaired) electrons. The maximum atomic E-state index is 11.8. The summed E-state index contributed by atoms with van der Waals surface area (Å²) in [6, 6.07) is 8.94. The van der Waals surface area contributed by atoms with Crippen LogP contribution in [0.3, 0.4) is 0 Å². The van der Waals surface area contributed by atoms with Crippen molar-refractivity contribution in [1.29, 1.82) is 0 Å². The molecule has 1 atom stereocenters. The van der Waals surface area contributed by atoms with E-state index in [4.69, 9.17) is 0 Å². The Balaban J connectivity index is 2.63. The van der Waals surface area contributed by atoms with Crippen LogP contribution in [0.25, 0.3) is 10.9 Å². The summed E-state index contributed by atoms with van der Waals surface area (Å²) in [6.07, 6.45) is 1.70. The molecule has 0 saturated heterocycles. The molecule has 1 aromatic heterocycles. The Morgan fingerprint density at radius 3 is 2.53 bits per heavy atom. The number of hydrogen-bond donors (Lipinski definition) is 1. The van der Waals surface area contributed by atoms with Crippen molar-refractivity contribution in [2.24, 2.45) is 0 Å². The number of pyridine rings is 1. The van der Waals surface area contributed by atoms with Gasteiger partial charge in [-0.25, -0.2) is 8.42 Å². The highest BCUT2D eigenvalue weighted by Crippen LogP contribution is 2.35. The van der Waals surface area contributed by atoms with Gasteiger partial charge in [-0.2, -0.15) is 0 Å². The van der Waals surface area contributed by atoms with Crippen molar-refractivity contribution in [1.82, 2.24) is 4.98 Å². The van der Waals surface area contributed by atoms with Gasteiger partial charge in [0, 0.05) is 17.8 Å². The number of aromatic nitrogens is 1. The molecule has 0 aliphatic rings. The van der Waals surface area contributed by atoms with Crippen LogP contribution in [0, 0.1) is 0 Å². The van der Waals surface area contributed by atoms with E-state index in [1.165, 1.54) is 13.8 Å². The highest BCUT2D eigenvalue weighted by molar-refractivity contribution is 7.92. The molecule has 0 bridgehead atoms. The lowest BCUT2D eigenvalue weighted by Gasteiger charge is -2.29. The Labute approximate surface area is 113 Å². The first-order valence-corrected chi connectivity index (χ1v) is 7.85. The van der Waals surface area contributed by atoms with Crippen molar-refractivity contribution in [2.45, 2.75) is 24.7 Å². The van der Waals surface area contributed by atoms with Crippen LogP contribution in [0.4, 0.5) is 0 Å². The van der Waals surface area contributed by atoms with E-state index in [9.17, 15) is 13.5 Å². The van der Waals surface area contributed by atoms with Crippen molar-refractivity contribution in [3.63, 3.8) is 0 Å². The van der Waals surface area contributed by atoms with Crippen LogP contribution >= 0.6 is 0 Å². The summed E-state index contributed by atoms with van der Waals surface area (Å²) in [7, 11) is -3.39. The van der Waals surface area contributed by atoms with Gasteiger partial charge in [-0.05, 0) is 31.5 Å². The molecule has 0 saturated carbocycles. The normalized spacial score (nSPS) is 14.5. The molecule has 0 fully saturated rings. The first kappa shape index (κ1) is 14.0. The van der Waals surface area contributed by atoms with Gasteiger partial charge in [0.25, 0.3) is 0 Å². The quantitative estimate of drug-likeness (QED) is 0.934. The summed E-state index contributed by atoms with van der Waals surface area (Å²) < 4.78 is 22.4. The molecule has 102 valence electrons. The summed E-state index contributed by atoms with van der Waals surface area (Å²) in [4.78, 5) is 4.21. The second-order valence-electron chi connectivity index (χ2n) is 5.20. The topological polar surface area (TPSA) is 67.3 Å². The molecule has 0 aliphatic heterocycles. The van der Waals surface area contributed by atoms with E-state index in [2.05, 4.69) is 4.98 Å². The molecule has 5 heteroatoms. The molecular weight excluding hydrogens is 262 g/mol. The fraction of sp³-hybridized carbons (Fsp3) is 0.357. The predicted octanol–water partition coefficient (Wildman–Crippen LogP) is 2.09. The average molecular weight is 279 g/mol. The van der Waals surface area contributed by atoms with Gasteiger partial charge in [-0.15, -0.1) is 0 Å². The van der Waals surface area contributed by atoms with Gasteiger partial charge in [0.1, 0.15) is 0 Å². The van der Waals surface area contributed by atoms with Crippen LogP contribution in [0.15, 0.2) is 36.5 Å². The molecular formula is C14H17NO3S. The SMILES string of the molecule is CC(C)(C(O)c1cccc2ncccc12)S(C)(=O)=O. The summed E-state index contributed by atoms with van der Waals surface area (Å²) in [6.45, 7) is 3.06. The molecule has 0 amide bonds. The first-order chi connectivity index (χ1) is 8.75. The van der Waals surface area contributed by atoms with Crippen LogP contribution in [-0.2, 0) is 9.84 Å². The van der Waals surface area contributed by atoms with E-state index in [-0.39, 0.29) is 0 Å². The number of aliphatic hydroxyl groups is 1. The van der Waals surface area contributed by atoms with E-state index >= 15 is 0 Å². The molecule has 2 rings (SSSR count). The Bertz CT molecular complexity index is 702. The molecule has 1 aromatic carbocycles. The molecule has 2 aromatic rings. The van der Waals surface area contributed by atoms with E-state index in [0.29, 0.717) is 5.56 Å². The third-order valence-electron chi connectivity index (χ3n) is 3.59. The monoisotopic (exact) mass is 279 g/mol. The fourth-order valence-electron chi connectivity index (χ4n) is 1.94. The second kappa shape index (κ2) is 4.58. The molecule has 1 N–H and O–H groups in total. The summed E-state index contributed by atoms with van der Waals surface area (Å²) in [5, 5.41) is 11.2. The maximum absolute atomic E-state index is 11.8. The molecule has 0 aliphatic carbocycles. The minimum absolute atomic E-state index is 0.584. The molecule has 1 heterocycles. The fourth-order valence-corrected chi connectivity index (χ4v) is 2.48. The Kier molecular flexibility index (Phi) is 3.36. The predicted molar refractivity (Wildman–Crippen MR) is 75.6 cm³/mol. The van der Waals surface area contributed by atoms with E-state index in [0.717, 1.165) is 17.2 Å². The summed E-state index contributed by atoms with van der Waals surface area (Å²) >= 11 is 0. The molecule has 1 unspecified atom stereocenters. The van der Waals surface area contributed by atoms with Gasteiger partial charge in [0.05, 0.1) is 16.4 Å². The van der Waals surface area contributed by atoms with Crippen LogP contribution in [-0.4, -0.2) is 29.5 Å². The average Bonchev–Trinajstić information content (AvgIpc) is 2.36. The van der Waals surface area contributed by atoms with Crippen LogP contribution in [0.2, 0.25) is 0 Å². The number of sulfone groups is 1. The van der Waals surface area contributed by atoms with Crippen molar-refractivity contribution < 1.29 is 13.5 Å². The zero-order chi connectivity index (χ0) is 14.3. The number of rotatable bonds is 3. The lowest BCUT2D eigenvalue weighted by atomic mass is 9.95. The number of hydrogen-bond acceptors (Lipinski definition) is 4. The smallest absolute Gasteiger partial charge is 0.155 e. The molecule has 4 nitrogen and oxygen atoms in total. The standard InChI is InChI=1S/C14H17NO3S/c1-14(2,19(3,17)18)13(16)11-6-4-8-12-10(11)7-5-9-15-12/h4-9,13,16H,1-3H3. The van der Waals surface area contributed by atoms with Gasteiger partial charge >= 0.3 is 0 Å². The molecule has 19 heavy (non-hydrogen) atoms. The highest BCUT2D eigenvalue weighted by Gasteiger charge is 2.39. The van der Waals surface area contributed by atoms with Crippen molar-refractivity contribution in [3.8, 4) is 0 Å². The second-order valence-corrected chi connectivity index (χ2v) is 7.79. The number of fused-ring (bicyclic) bond motifs is 1. The lowest BCUT2D eigenvalue weighted by Crippen LogP contribution is -2.37. The summed E-state index contributed by atoms with van der Waals surface area (Å²) in [5.74, 6) is 0. The highest BCUT2D eigenvalue weighted by atomic mass is 32.2. The number of benzene rings is 1. The van der Waals surface area contributed by atoms with E-state index < -0.39 is 20.7 Å². The van der Waals surface area contributed by atoms with Gasteiger partial charge in [-0.3, -0.25) is 4.98 Å². The largest absolute Gasteiger partial charge is 0.387 e. The summed E-state index contributed by atoms with van der Waals surface area (Å²) in [5.41, 5.74) is 1.32. The zero-order valence-corrected chi connectivity index (χ0v) is 12.0. The minimum Gasteiger partial charge on any atom is -0.387 e. The van der Waals surface area contributed by atoms with Gasteiger partial charge < -0.3 is 5.11 Å². The number of nitrogens with zero attached hydrogens (tertiary/aromatic N) is 1. The van der Waals surface area contributed by atoms with Gasteiger partial charge in [0.15, 0.2) is 9.84 Å². The third-order valence-corrected chi connectivity index (χ3v) is 5.72. The van der Waals surface area contributed by atoms with Crippen LogP contribution < -0.4 is 0 Å².